The first kappa shape index (κ1) is 17.3. The van der Waals surface area contributed by atoms with Crippen LogP contribution >= 0.6 is 15.9 Å². The highest BCUT2D eigenvalue weighted by molar-refractivity contribution is 9.10. The van der Waals surface area contributed by atoms with E-state index in [1.165, 1.54) is 7.11 Å². The second-order valence-electron chi connectivity index (χ2n) is 4.97. The highest BCUT2D eigenvalue weighted by atomic mass is 79.9. The van der Waals surface area contributed by atoms with E-state index in [1.54, 1.807) is 18.2 Å². The number of nitrogens with one attached hydrogen (secondary N) is 2. The summed E-state index contributed by atoms with van der Waals surface area (Å²) in [6.07, 6.45) is 0.367. The van der Waals surface area contributed by atoms with Crippen LogP contribution in [-0.2, 0) is 4.79 Å². The van der Waals surface area contributed by atoms with Crippen molar-refractivity contribution < 1.29 is 19.4 Å². The van der Waals surface area contributed by atoms with Crippen molar-refractivity contribution in [3.63, 3.8) is 0 Å². The number of aliphatic carboxylic acids is 1. The molecular weight excluding hydrogens is 340 g/mol. The zero-order valence-corrected chi connectivity index (χ0v) is 13.7. The van der Waals surface area contributed by atoms with E-state index in [0.29, 0.717) is 17.9 Å². The van der Waals surface area contributed by atoms with E-state index in [0.717, 1.165) is 4.47 Å². The number of carbonyl (C=O) groups is 2. The molecule has 0 saturated carbocycles. The highest BCUT2D eigenvalue weighted by Crippen LogP contribution is 2.27. The SMILES string of the molecule is COc1cc(NC(=O)NC(CC(C)C)C(=O)O)ccc1Br. The largest absolute Gasteiger partial charge is 0.495 e. The van der Waals surface area contributed by atoms with Gasteiger partial charge in [0.15, 0.2) is 0 Å². The Morgan fingerprint density at radius 3 is 2.57 bits per heavy atom. The van der Waals surface area contributed by atoms with E-state index in [-0.39, 0.29) is 5.92 Å². The van der Waals surface area contributed by atoms with Gasteiger partial charge in [-0.25, -0.2) is 9.59 Å². The number of halogens is 1. The molecule has 21 heavy (non-hydrogen) atoms. The Morgan fingerprint density at radius 2 is 2.05 bits per heavy atom. The number of hydrogen-bond donors (Lipinski definition) is 3. The van der Waals surface area contributed by atoms with Crippen molar-refractivity contribution in [3.05, 3.63) is 22.7 Å². The van der Waals surface area contributed by atoms with Gasteiger partial charge in [-0.3, -0.25) is 0 Å². The number of rotatable bonds is 6. The van der Waals surface area contributed by atoms with Crippen LogP contribution in [0.25, 0.3) is 0 Å². The first-order valence-electron chi connectivity index (χ1n) is 6.47. The molecule has 1 aromatic rings. The lowest BCUT2D eigenvalue weighted by Crippen LogP contribution is -2.43. The number of hydrogen-bond acceptors (Lipinski definition) is 3. The normalized spacial score (nSPS) is 11.9. The van der Waals surface area contributed by atoms with Gasteiger partial charge in [0.25, 0.3) is 0 Å². The number of carboxylic acids is 1. The molecule has 2 amide bonds. The summed E-state index contributed by atoms with van der Waals surface area (Å²) in [7, 11) is 1.52. The molecule has 1 aromatic carbocycles. The molecule has 1 rings (SSSR count). The molecule has 3 N–H and O–H groups in total. The average Bonchev–Trinajstić information content (AvgIpc) is 2.39. The number of amides is 2. The van der Waals surface area contributed by atoms with Crippen molar-refractivity contribution in [2.24, 2.45) is 5.92 Å². The Balaban J connectivity index is 2.69. The molecule has 1 unspecified atom stereocenters. The molecule has 0 radical (unpaired) electrons. The van der Waals surface area contributed by atoms with E-state index in [4.69, 9.17) is 9.84 Å². The van der Waals surface area contributed by atoms with Gasteiger partial charge in [0.1, 0.15) is 11.8 Å². The molecule has 116 valence electrons. The number of benzene rings is 1. The summed E-state index contributed by atoms with van der Waals surface area (Å²) in [6.45, 7) is 3.80. The molecule has 0 aliphatic carbocycles. The third kappa shape index (κ3) is 5.63. The van der Waals surface area contributed by atoms with Crippen LogP contribution in [-0.4, -0.2) is 30.3 Å². The zero-order valence-electron chi connectivity index (χ0n) is 12.1. The summed E-state index contributed by atoms with van der Waals surface area (Å²) in [6, 6.07) is 3.58. The minimum absolute atomic E-state index is 0.166. The van der Waals surface area contributed by atoms with Gasteiger partial charge >= 0.3 is 12.0 Å². The van der Waals surface area contributed by atoms with Crippen molar-refractivity contribution in [1.82, 2.24) is 5.32 Å². The van der Waals surface area contributed by atoms with E-state index in [9.17, 15) is 9.59 Å². The Morgan fingerprint density at radius 1 is 1.38 bits per heavy atom. The molecule has 7 heteroatoms. The van der Waals surface area contributed by atoms with Crippen molar-refractivity contribution in [1.29, 1.82) is 0 Å². The summed E-state index contributed by atoms with van der Waals surface area (Å²) in [5.41, 5.74) is 0.515. The standard InChI is InChI=1S/C14H19BrN2O4/c1-8(2)6-11(13(18)19)17-14(20)16-9-4-5-10(15)12(7-9)21-3/h4-5,7-8,11H,6H2,1-3H3,(H,18,19)(H2,16,17,20). The Bertz CT molecular complexity index is 520. The minimum atomic E-state index is -1.05. The van der Waals surface area contributed by atoms with Gasteiger partial charge in [0, 0.05) is 11.8 Å². The third-order valence-electron chi connectivity index (χ3n) is 2.72. The van der Waals surface area contributed by atoms with Crippen LogP contribution in [0.15, 0.2) is 22.7 Å². The molecule has 0 fully saturated rings. The Labute approximate surface area is 132 Å². The predicted molar refractivity (Wildman–Crippen MR) is 83.7 cm³/mol. The van der Waals surface area contributed by atoms with Crippen molar-refractivity contribution in [2.75, 3.05) is 12.4 Å². The smallest absolute Gasteiger partial charge is 0.326 e. The maximum absolute atomic E-state index is 11.9. The number of methoxy groups -OCH3 is 1. The fourth-order valence-corrected chi connectivity index (χ4v) is 2.16. The fourth-order valence-electron chi connectivity index (χ4n) is 1.76. The minimum Gasteiger partial charge on any atom is -0.495 e. The zero-order chi connectivity index (χ0) is 16.0. The summed E-state index contributed by atoms with van der Waals surface area (Å²) < 4.78 is 5.89. The highest BCUT2D eigenvalue weighted by Gasteiger charge is 2.21. The molecule has 0 heterocycles. The van der Waals surface area contributed by atoms with Crippen molar-refractivity contribution in [3.8, 4) is 5.75 Å². The first-order valence-corrected chi connectivity index (χ1v) is 7.26. The van der Waals surface area contributed by atoms with Crippen molar-refractivity contribution in [2.45, 2.75) is 26.3 Å². The second kappa shape index (κ2) is 7.87. The fraction of sp³-hybridized carbons (Fsp3) is 0.429. The van der Waals surface area contributed by atoms with E-state index >= 15 is 0 Å². The topological polar surface area (TPSA) is 87.7 Å². The van der Waals surface area contributed by atoms with Gasteiger partial charge in [-0.05, 0) is 40.4 Å². The lowest BCUT2D eigenvalue weighted by atomic mass is 10.0. The maximum atomic E-state index is 11.9. The van der Waals surface area contributed by atoms with Crippen LogP contribution in [0.4, 0.5) is 10.5 Å². The van der Waals surface area contributed by atoms with Gasteiger partial charge in [0.05, 0.1) is 11.6 Å². The third-order valence-corrected chi connectivity index (χ3v) is 3.37. The molecule has 6 nitrogen and oxygen atoms in total. The number of urea groups is 1. The van der Waals surface area contributed by atoms with Crippen LogP contribution < -0.4 is 15.4 Å². The first-order chi connectivity index (χ1) is 9.83. The van der Waals surface area contributed by atoms with Gasteiger partial charge in [-0.1, -0.05) is 13.8 Å². The molecule has 1 atom stereocenters. The summed E-state index contributed by atoms with van der Waals surface area (Å²) >= 11 is 3.31. The molecule has 0 saturated heterocycles. The molecular formula is C14H19BrN2O4. The van der Waals surface area contributed by atoms with Gasteiger partial charge in [-0.15, -0.1) is 0 Å². The molecule has 0 spiro atoms. The van der Waals surface area contributed by atoms with Crippen molar-refractivity contribution >= 4 is 33.6 Å². The second-order valence-corrected chi connectivity index (χ2v) is 5.82. The predicted octanol–water partition coefficient (Wildman–Crippen LogP) is 3.08. The molecule has 0 aliphatic heterocycles. The Kier molecular flexibility index (Phi) is 6.48. The summed E-state index contributed by atoms with van der Waals surface area (Å²) in [5, 5.41) is 14.1. The molecule has 0 aromatic heterocycles. The van der Waals surface area contributed by atoms with Gasteiger partial charge < -0.3 is 20.5 Å². The lowest BCUT2D eigenvalue weighted by Gasteiger charge is -2.17. The molecule has 0 aliphatic rings. The van der Waals surface area contributed by atoms with E-state index in [1.807, 2.05) is 13.8 Å². The lowest BCUT2D eigenvalue weighted by molar-refractivity contribution is -0.139. The summed E-state index contributed by atoms with van der Waals surface area (Å²) in [5.74, 6) is -0.309. The van der Waals surface area contributed by atoms with Crippen LogP contribution in [0.2, 0.25) is 0 Å². The van der Waals surface area contributed by atoms with E-state index in [2.05, 4.69) is 26.6 Å². The van der Waals surface area contributed by atoms with Crippen LogP contribution in [0.5, 0.6) is 5.75 Å². The van der Waals surface area contributed by atoms with Crippen LogP contribution in [0, 0.1) is 5.92 Å². The van der Waals surface area contributed by atoms with Gasteiger partial charge in [0.2, 0.25) is 0 Å². The Hall–Kier alpha value is -1.76. The maximum Gasteiger partial charge on any atom is 0.326 e. The van der Waals surface area contributed by atoms with Crippen LogP contribution in [0.3, 0.4) is 0 Å². The van der Waals surface area contributed by atoms with Gasteiger partial charge in [-0.2, -0.15) is 0 Å². The van der Waals surface area contributed by atoms with E-state index < -0.39 is 18.0 Å². The number of carbonyl (C=O) groups excluding carboxylic acids is 1. The monoisotopic (exact) mass is 358 g/mol. The quantitative estimate of drug-likeness (QED) is 0.728. The molecule has 0 bridgehead atoms. The summed E-state index contributed by atoms with van der Waals surface area (Å²) in [4.78, 5) is 23.0. The number of ether oxygens (including phenoxy) is 1. The number of carboxylic acid groups (broad SMARTS) is 1. The number of anilines is 1. The van der Waals surface area contributed by atoms with Crippen LogP contribution in [0.1, 0.15) is 20.3 Å². The average molecular weight is 359 g/mol.